The molecule has 7 aliphatic rings. The Morgan fingerprint density at radius 2 is 1.54 bits per heavy atom. The van der Waals surface area contributed by atoms with Crippen molar-refractivity contribution in [3.8, 4) is 0 Å². The SMILES string of the molecule is C=C(C)[C@@H]1CC[C@]2(C(=O)N[C@@H]3CC[C@H](CN4CCC(Cc5ccccc5)CC4)C3)CC[C@]3(C)[C@H](CC[C@@H]4[C@@]5(C)CC[C@H](OC(=O)CC(C)(C)C(=O)O)C(C)(C)[C@@H]5CC[C@]43C)[C@@H]12. The fourth-order valence-corrected chi connectivity index (χ4v) is 16.7. The molecule has 1 heterocycles. The van der Waals surface area contributed by atoms with Crippen LogP contribution in [0.2, 0.25) is 0 Å². The largest absolute Gasteiger partial charge is 0.481 e. The van der Waals surface area contributed by atoms with Gasteiger partial charge in [0, 0.05) is 18.0 Å². The third-order valence-electron chi connectivity index (χ3n) is 20.4. The Labute approximate surface area is 369 Å². The molecule has 7 heteroatoms. The summed E-state index contributed by atoms with van der Waals surface area (Å²) < 4.78 is 6.23. The maximum absolute atomic E-state index is 15.1. The minimum absolute atomic E-state index is 0.112. The average Bonchev–Trinajstić information content (AvgIpc) is 3.82. The van der Waals surface area contributed by atoms with Gasteiger partial charge in [0.05, 0.1) is 17.3 Å². The monoisotopic (exact) mass is 839 g/mol. The van der Waals surface area contributed by atoms with Crippen LogP contribution in [0.1, 0.15) is 164 Å². The minimum atomic E-state index is -1.15. The van der Waals surface area contributed by atoms with Gasteiger partial charge in [0.1, 0.15) is 6.10 Å². The lowest BCUT2D eigenvalue weighted by atomic mass is 9.32. The highest BCUT2D eigenvalue weighted by Gasteiger charge is 2.72. The third-order valence-corrected chi connectivity index (χ3v) is 20.4. The molecule has 1 amide bonds. The van der Waals surface area contributed by atoms with Gasteiger partial charge in [-0.3, -0.25) is 14.4 Å². The van der Waals surface area contributed by atoms with Gasteiger partial charge in [-0.2, -0.15) is 0 Å². The molecule has 61 heavy (non-hydrogen) atoms. The van der Waals surface area contributed by atoms with E-state index in [1.165, 1.54) is 75.7 Å². The van der Waals surface area contributed by atoms with Crippen molar-refractivity contribution in [1.82, 2.24) is 10.2 Å². The van der Waals surface area contributed by atoms with Gasteiger partial charge in [0.2, 0.25) is 5.91 Å². The zero-order valence-electron chi connectivity index (χ0n) is 39.5. The number of amides is 1. The second-order valence-electron chi connectivity index (χ2n) is 24.3. The molecule has 1 aromatic carbocycles. The molecule has 7 fully saturated rings. The van der Waals surface area contributed by atoms with Crippen molar-refractivity contribution in [3.05, 3.63) is 48.0 Å². The van der Waals surface area contributed by atoms with Crippen molar-refractivity contribution in [3.63, 3.8) is 0 Å². The van der Waals surface area contributed by atoms with Crippen molar-refractivity contribution in [2.45, 2.75) is 177 Å². The molecule has 0 aromatic heterocycles. The number of ether oxygens (including phenoxy) is 1. The number of carboxylic acids is 1. The first-order valence-electron chi connectivity index (χ1n) is 24.9. The smallest absolute Gasteiger partial charge is 0.309 e. The topological polar surface area (TPSA) is 95.9 Å². The van der Waals surface area contributed by atoms with E-state index in [4.69, 9.17) is 4.74 Å². The maximum atomic E-state index is 15.1. The van der Waals surface area contributed by atoms with Crippen LogP contribution in [0.4, 0.5) is 0 Å². The van der Waals surface area contributed by atoms with Crippen LogP contribution >= 0.6 is 0 Å². The number of nitrogens with zero attached hydrogens (tertiary/aromatic N) is 1. The number of aliphatic carboxylic acids is 1. The number of carboxylic acid groups (broad SMARTS) is 1. The molecule has 0 unspecified atom stereocenters. The lowest BCUT2D eigenvalue weighted by Crippen LogP contribution is -2.67. The Hall–Kier alpha value is -2.67. The van der Waals surface area contributed by atoms with Crippen LogP contribution in [0.25, 0.3) is 0 Å². The Bertz CT molecular complexity index is 1820. The van der Waals surface area contributed by atoms with E-state index in [-0.39, 0.29) is 45.6 Å². The summed E-state index contributed by atoms with van der Waals surface area (Å²) in [5.74, 6) is 2.72. The summed E-state index contributed by atoms with van der Waals surface area (Å²) in [6.07, 6.45) is 17.6. The molecule has 0 spiro atoms. The van der Waals surface area contributed by atoms with Crippen LogP contribution in [-0.2, 0) is 25.5 Å². The van der Waals surface area contributed by atoms with Crippen LogP contribution in [0.3, 0.4) is 0 Å². The number of allylic oxidation sites excluding steroid dienone is 1. The first kappa shape index (κ1) is 44.9. The van der Waals surface area contributed by atoms with Crippen molar-refractivity contribution >= 4 is 17.8 Å². The highest BCUT2D eigenvalue weighted by atomic mass is 16.5. The molecule has 12 atom stereocenters. The Balaban J connectivity index is 0.928. The average molecular weight is 839 g/mol. The van der Waals surface area contributed by atoms with Gasteiger partial charge in [-0.1, -0.05) is 77.1 Å². The van der Waals surface area contributed by atoms with Crippen LogP contribution < -0.4 is 5.32 Å². The highest BCUT2D eigenvalue weighted by molar-refractivity contribution is 5.84. The number of rotatable bonds is 11. The summed E-state index contributed by atoms with van der Waals surface area (Å²) in [7, 11) is 0. The molecular weight excluding hydrogens is 757 g/mol. The van der Waals surface area contributed by atoms with Crippen molar-refractivity contribution in [2.75, 3.05) is 19.6 Å². The number of carbonyl (C=O) groups excluding carboxylic acids is 2. The standard InChI is InChI=1S/C54H82N2O5/c1-35(2)40-19-26-54(47(58)55-39-16-15-38(32-39)34-56-29-22-37(23-30-56)31-36-13-11-10-12-14-36)28-27-52(8)41(46(40)54)17-18-43-51(7)24-21-44(61-45(57)33-49(3,4)48(59)60)50(5,6)42(51)20-25-53(43,52)9/h10-14,37-44,46H,1,15-34H2,2-9H3,(H,55,58)(H,59,60)/t38-,39+,40-,41+,42-,43+,44-,46+,51-,52+,53+,54-/m0/s1. The molecular formula is C54H82N2O5. The minimum Gasteiger partial charge on any atom is -0.481 e. The van der Waals surface area contributed by atoms with E-state index < -0.39 is 11.4 Å². The number of esters is 1. The molecule has 2 N–H and O–H groups in total. The van der Waals surface area contributed by atoms with Gasteiger partial charge in [0.15, 0.2) is 0 Å². The van der Waals surface area contributed by atoms with Gasteiger partial charge in [-0.15, -0.1) is 0 Å². The number of hydrogen-bond acceptors (Lipinski definition) is 5. The quantitative estimate of drug-likeness (QED) is 0.170. The van der Waals surface area contributed by atoms with E-state index in [1.54, 1.807) is 13.8 Å². The molecule has 0 radical (unpaired) electrons. The summed E-state index contributed by atoms with van der Waals surface area (Å²) in [4.78, 5) is 42.8. The predicted molar refractivity (Wildman–Crippen MR) is 243 cm³/mol. The number of nitrogens with one attached hydrogen (secondary N) is 1. The molecule has 8 rings (SSSR count). The molecule has 7 nitrogen and oxygen atoms in total. The van der Waals surface area contributed by atoms with Gasteiger partial charge < -0.3 is 20.1 Å². The van der Waals surface area contributed by atoms with E-state index in [0.717, 1.165) is 63.7 Å². The number of carbonyl (C=O) groups is 3. The van der Waals surface area contributed by atoms with Gasteiger partial charge in [-0.05, 0) is 200 Å². The number of benzene rings is 1. The summed E-state index contributed by atoms with van der Waals surface area (Å²) in [6, 6.07) is 11.3. The highest BCUT2D eigenvalue weighted by Crippen LogP contribution is 2.77. The molecule has 1 aliphatic heterocycles. The summed E-state index contributed by atoms with van der Waals surface area (Å²) >= 11 is 0. The first-order valence-corrected chi connectivity index (χ1v) is 24.9. The molecule has 1 saturated heterocycles. The lowest BCUT2D eigenvalue weighted by Gasteiger charge is -2.72. The zero-order chi connectivity index (χ0) is 43.8. The van der Waals surface area contributed by atoms with Crippen LogP contribution in [0.5, 0.6) is 0 Å². The third kappa shape index (κ3) is 7.77. The number of fused-ring (bicyclic) bond motifs is 7. The van der Waals surface area contributed by atoms with Crippen molar-refractivity contribution in [1.29, 1.82) is 0 Å². The van der Waals surface area contributed by atoms with Gasteiger partial charge in [-0.25, -0.2) is 0 Å². The molecule has 1 aromatic rings. The van der Waals surface area contributed by atoms with E-state index in [2.05, 4.69) is 88.7 Å². The molecule has 0 bridgehead atoms. The van der Waals surface area contributed by atoms with Gasteiger partial charge >= 0.3 is 11.9 Å². The zero-order valence-corrected chi connectivity index (χ0v) is 39.5. The molecule has 338 valence electrons. The Morgan fingerprint density at radius 3 is 2.23 bits per heavy atom. The summed E-state index contributed by atoms with van der Waals surface area (Å²) in [5.41, 5.74) is 1.53. The predicted octanol–water partition coefficient (Wildman–Crippen LogP) is 11.3. The Morgan fingerprint density at radius 1 is 0.820 bits per heavy atom. The second-order valence-corrected chi connectivity index (χ2v) is 24.3. The van der Waals surface area contributed by atoms with E-state index in [0.29, 0.717) is 47.5 Å². The summed E-state index contributed by atoms with van der Waals surface area (Å²) in [6.45, 7) is 26.2. The number of hydrogen-bond donors (Lipinski definition) is 2. The van der Waals surface area contributed by atoms with E-state index in [9.17, 15) is 14.7 Å². The van der Waals surface area contributed by atoms with Crippen molar-refractivity contribution < 1.29 is 24.2 Å². The molecule has 6 aliphatic carbocycles. The Kier molecular flexibility index (Phi) is 12.1. The fourth-order valence-electron chi connectivity index (χ4n) is 16.7. The van der Waals surface area contributed by atoms with Crippen molar-refractivity contribution in [2.24, 2.45) is 73.9 Å². The van der Waals surface area contributed by atoms with E-state index >= 15 is 4.79 Å². The lowest BCUT2D eigenvalue weighted by molar-refractivity contribution is -0.249. The van der Waals surface area contributed by atoms with Gasteiger partial charge in [0.25, 0.3) is 0 Å². The fraction of sp³-hybridized carbons (Fsp3) is 0.796. The second kappa shape index (κ2) is 16.4. The summed E-state index contributed by atoms with van der Waals surface area (Å²) in [5, 5.41) is 13.5. The van der Waals surface area contributed by atoms with Crippen LogP contribution in [-0.4, -0.2) is 59.6 Å². The number of piperidine rings is 1. The number of likely N-dealkylation sites (tertiary alicyclic amines) is 1. The van der Waals surface area contributed by atoms with E-state index in [1.807, 2.05) is 0 Å². The van der Waals surface area contributed by atoms with Crippen LogP contribution in [0, 0.1) is 73.9 Å². The van der Waals surface area contributed by atoms with Crippen LogP contribution in [0.15, 0.2) is 42.5 Å². The molecule has 6 saturated carbocycles. The first-order chi connectivity index (χ1) is 28.7. The normalized spacial score (nSPS) is 41.1. The maximum Gasteiger partial charge on any atom is 0.309 e.